The molecule has 33 heavy (non-hydrogen) atoms. The second-order valence-electron chi connectivity index (χ2n) is 7.91. The molecule has 0 atom stereocenters. The molecule has 0 amide bonds. The highest BCUT2D eigenvalue weighted by Gasteiger charge is 2.35. The van der Waals surface area contributed by atoms with E-state index in [0.717, 1.165) is 38.8 Å². The lowest BCUT2D eigenvalue weighted by Crippen LogP contribution is -2.44. The molecule has 0 bridgehead atoms. The first-order valence-corrected chi connectivity index (χ1v) is 10.2. The van der Waals surface area contributed by atoms with Crippen LogP contribution in [0.5, 0.6) is 11.5 Å². The summed E-state index contributed by atoms with van der Waals surface area (Å²) in [6.07, 6.45) is 0.677. The van der Waals surface area contributed by atoms with Crippen molar-refractivity contribution < 1.29 is 29.3 Å². The number of fused-ring (bicyclic) bond motifs is 2. The largest absolute Gasteiger partial charge is 0.507 e. The number of phenols is 2. The molecule has 0 saturated carbocycles. The number of nitrogens with zero attached hydrogens (tertiary/aromatic N) is 2. The van der Waals surface area contributed by atoms with Gasteiger partial charge in [0.05, 0.1) is 23.3 Å². The lowest BCUT2D eigenvalue weighted by atomic mass is 9.82. The number of esters is 1. The minimum Gasteiger partial charge on any atom is -0.507 e. The summed E-state index contributed by atoms with van der Waals surface area (Å²) >= 11 is 0. The monoisotopic (exact) mass is 496 g/mol. The topological polar surface area (TPSA) is 107 Å². The van der Waals surface area contributed by atoms with Gasteiger partial charge in [-0.3, -0.25) is 9.59 Å². The molecular formula is C23H26Cl2N2O6. The highest BCUT2D eigenvalue weighted by molar-refractivity contribution is 6.30. The minimum atomic E-state index is -0.668. The zero-order chi connectivity index (χ0) is 22.1. The summed E-state index contributed by atoms with van der Waals surface area (Å²) in [7, 11) is 2.09. The fraction of sp³-hybridized carbons (Fsp3) is 0.348. The molecule has 1 fully saturated rings. The van der Waals surface area contributed by atoms with Gasteiger partial charge >= 0.3 is 5.97 Å². The van der Waals surface area contributed by atoms with Crippen molar-refractivity contribution in [3.05, 3.63) is 58.1 Å². The Bertz CT molecular complexity index is 1070. The zero-order valence-electron chi connectivity index (χ0n) is 18.1. The first-order valence-electron chi connectivity index (χ1n) is 10.2. The standard InChI is InChI=1S/C23H24N2O6.2ClH/c1-24-7-9-25(10-8-24)6-3-11-31-23(30)14-12-16-20(18(27)13-14)22(29)19-15(21(16)28)4-2-5-17(19)26;;/h2,4-5,12-13,26-27H,3,6-11H2,1H3;2*1H. The molecule has 0 aromatic heterocycles. The van der Waals surface area contributed by atoms with E-state index in [0.29, 0.717) is 6.42 Å². The van der Waals surface area contributed by atoms with Crippen LogP contribution < -0.4 is 0 Å². The van der Waals surface area contributed by atoms with E-state index in [-0.39, 0.29) is 65.0 Å². The highest BCUT2D eigenvalue weighted by Crippen LogP contribution is 2.37. The summed E-state index contributed by atoms with van der Waals surface area (Å²) in [4.78, 5) is 42.7. The molecule has 0 unspecified atom stereocenters. The van der Waals surface area contributed by atoms with Crippen LogP contribution in [-0.4, -0.2) is 83.9 Å². The molecule has 4 rings (SSSR count). The number of carbonyl (C=O) groups is 3. The van der Waals surface area contributed by atoms with Crippen molar-refractivity contribution in [3.63, 3.8) is 0 Å². The van der Waals surface area contributed by atoms with Gasteiger partial charge < -0.3 is 24.7 Å². The van der Waals surface area contributed by atoms with Gasteiger partial charge in [-0.05, 0) is 31.7 Å². The second-order valence-corrected chi connectivity index (χ2v) is 7.91. The fourth-order valence-electron chi connectivity index (χ4n) is 4.01. The van der Waals surface area contributed by atoms with Gasteiger partial charge in [-0.25, -0.2) is 4.79 Å². The van der Waals surface area contributed by atoms with Crippen LogP contribution in [0.2, 0.25) is 0 Å². The lowest BCUT2D eigenvalue weighted by Gasteiger charge is -2.32. The molecule has 0 radical (unpaired) electrons. The van der Waals surface area contributed by atoms with Crippen LogP contribution in [0.1, 0.15) is 48.6 Å². The Morgan fingerprint density at radius 2 is 1.61 bits per heavy atom. The Hall–Kier alpha value is -2.65. The van der Waals surface area contributed by atoms with Gasteiger partial charge in [-0.15, -0.1) is 24.8 Å². The average molecular weight is 497 g/mol. The zero-order valence-corrected chi connectivity index (χ0v) is 19.7. The number of halogens is 2. The Morgan fingerprint density at radius 1 is 0.939 bits per heavy atom. The van der Waals surface area contributed by atoms with Crippen LogP contribution in [0, 0.1) is 0 Å². The van der Waals surface area contributed by atoms with Gasteiger partial charge in [0.25, 0.3) is 0 Å². The van der Waals surface area contributed by atoms with Crippen molar-refractivity contribution >= 4 is 42.3 Å². The normalized spacial score (nSPS) is 15.7. The molecule has 1 saturated heterocycles. The van der Waals surface area contributed by atoms with Crippen molar-refractivity contribution in [3.8, 4) is 11.5 Å². The van der Waals surface area contributed by atoms with Gasteiger partial charge in [-0.1, -0.05) is 12.1 Å². The number of likely N-dealkylation sites (N-methyl/N-ethyl adjacent to an activating group) is 1. The number of aromatic hydroxyl groups is 2. The molecular weight excluding hydrogens is 471 g/mol. The van der Waals surface area contributed by atoms with Crippen LogP contribution >= 0.6 is 24.8 Å². The highest BCUT2D eigenvalue weighted by atomic mass is 35.5. The number of hydrogen-bond acceptors (Lipinski definition) is 8. The van der Waals surface area contributed by atoms with Crippen LogP contribution in [0.3, 0.4) is 0 Å². The maximum atomic E-state index is 12.9. The van der Waals surface area contributed by atoms with Crippen LogP contribution in [0.4, 0.5) is 0 Å². The van der Waals surface area contributed by atoms with E-state index in [1.165, 1.54) is 24.3 Å². The third-order valence-electron chi connectivity index (χ3n) is 5.79. The predicted molar refractivity (Wildman–Crippen MR) is 126 cm³/mol. The molecule has 2 N–H and O–H groups in total. The summed E-state index contributed by atoms with van der Waals surface area (Å²) in [6.45, 7) is 5.03. The number of ether oxygens (including phenoxy) is 1. The van der Waals surface area contributed by atoms with E-state index >= 15 is 0 Å². The molecule has 0 spiro atoms. The van der Waals surface area contributed by atoms with E-state index in [4.69, 9.17) is 4.74 Å². The Morgan fingerprint density at radius 3 is 2.30 bits per heavy atom. The van der Waals surface area contributed by atoms with Crippen LogP contribution in [0.15, 0.2) is 30.3 Å². The van der Waals surface area contributed by atoms with Crippen molar-refractivity contribution in [1.29, 1.82) is 0 Å². The van der Waals surface area contributed by atoms with E-state index in [1.54, 1.807) is 0 Å². The number of piperazine rings is 1. The first-order chi connectivity index (χ1) is 14.9. The van der Waals surface area contributed by atoms with Crippen molar-refractivity contribution in [2.45, 2.75) is 6.42 Å². The van der Waals surface area contributed by atoms with Gasteiger partial charge in [0, 0.05) is 43.9 Å². The third-order valence-corrected chi connectivity index (χ3v) is 5.79. The van der Waals surface area contributed by atoms with Gasteiger partial charge in [0.2, 0.25) is 5.78 Å². The minimum absolute atomic E-state index is 0. The Balaban J connectivity index is 0.00000193. The van der Waals surface area contributed by atoms with E-state index in [2.05, 4.69) is 16.8 Å². The molecule has 1 aliphatic carbocycles. The van der Waals surface area contributed by atoms with Gasteiger partial charge in [-0.2, -0.15) is 0 Å². The number of benzene rings is 2. The molecule has 10 heteroatoms. The average Bonchev–Trinajstić information content (AvgIpc) is 2.75. The van der Waals surface area contributed by atoms with Crippen molar-refractivity contribution in [1.82, 2.24) is 9.80 Å². The van der Waals surface area contributed by atoms with E-state index in [9.17, 15) is 24.6 Å². The Labute approximate surface area is 204 Å². The van der Waals surface area contributed by atoms with Crippen LogP contribution in [0.25, 0.3) is 0 Å². The van der Waals surface area contributed by atoms with Gasteiger partial charge in [0.1, 0.15) is 11.5 Å². The van der Waals surface area contributed by atoms with E-state index in [1.807, 2.05) is 0 Å². The quantitative estimate of drug-likeness (QED) is 0.409. The number of hydrogen-bond donors (Lipinski definition) is 2. The third kappa shape index (κ3) is 5.30. The molecule has 8 nitrogen and oxygen atoms in total. The summed E-state index contributed by atoms with van der Waals surface area (Å²) in [5, 5.41) is 20.4. The molecule has 2 aromatic carbocycles. The number of phenolic OH excluding ortho intramolecular Hbond substituents is 2. The SMILES string of the molecule is CN1CCN(CCCOC(=O)c2cc(O)c3c(c2)C(=O)c2cccc(O)c2C3=O)CC1.Cl.Cl. The number of carbonyl (C=O) groups excluding carboxylic acids is 3. The molecule has 2 aromatic rings. The second kappa shape index (κ2) is 11.0. The summed E-state index contributed by atoms with van der Waals surface area (Å²) < 4.78 is 5.31. The summed E-state index contributed by atoms with van der Waals surface area (Å²) in [5.41, 5.74) is -0.400. The first kappa shape index (κ1) is 26.6. The van der Waals surface area contributed by atoms with Crippen LogP contribution in [-0.2, 0) is 4.74 Å². The van der Waals surface area contributed by atoms with Crippen molar-refractivity contribution in [2.75, 3.05) is 46.4 Å². The summed E-state index contributed by atoms with van der Waals surface area (Å²) in [6, 6.07) is 6.59. The maximum absolute atomic E-state index is 12.9. The predicted octanol–water partition coefficient (Wildman–Crippen LogP) is 2.51. The molecule has 2 aliphatic rings. The van der Waals surface area contributed by atoms with Gasteiger partial charge in [0.15, 0.2) is 5.78 Å². The smallest absolute Gasteiger partial charge is 0.338 e. The fourth-order valence-corrected chi connectivity index (χ4v) is 4.01. The number of ketones is 2. The summed E-state index contributed by atoms with van der Waals surface area (Å²) in [5.74, 6) is -2.69. The maximum Gasteiger partial charge on any atom is 0.338 e. The number of rotatable bonds is 5. The Kier molecular flexibility index (Phi) is 8.85. The molecule has 178 valence electrons. The molecule has 1 heterocycles. The van der Waals surface area contributed by atoms with Crippen molar-refractivity contribution in [2.24, 2.45) is 0 Å². The molecule has 1 aliphatic heterocycles. The lowest BCUT2D eigenvalue weighted by molar-refractivity contribution is 0.0479. The van der Waals surface area contributed by atoms with E-state index < -0.39 is 23.3 Å².